The van der Waals surface area contributed by atoms with E-state index in [0.717, 1.165) is 3.57 Å². The van der Waals surface area contributed by atoms with Crippen LogP contribution in [-0.4, -0.2) is 18.6 Å². The van der Waals surface area contributed by atoms with Crippen LogP contribution in [0.3, 0.4) is 0 Å². The molecular weight excluding hydrogens is 403 g/mol. The van der Waals surface area contributed by atoms with Gasteiger partial charge in [0, 0.05) is 15.7 Å². The van der Waals surface area contributed by atoms with Gasteiger partial charge in [0.1, 0.15) is 0 Å². The van der Waals surface area contributed by atoms with Crippen LogP contribution in [0.4, 0.5) is 5.69 Å². The predicted molar refractivity (Wildman–Crippen MR) is 81.5 cm³/mol. The van der Waals surface area contributed by atoms with Gasteiger partial charge in [-0.15, -0.1) is 0 Å². The molecule has 0 unspecified atom stereocenters. The van der Waals surface area contributed by atoms with Crippen molar-refractivity contribution in [2.24, 2.45) is 5.73 Å². The Balaban J connectivity index is 2.37. The number of nitrogens with one attached hydrogen (secondary N) is 2. The van der Waals surface area contributed by atoms with Crippen LogP contribution in [0.5, 0.6) is 0 Å². The fraction of sp³-hybridized carbons (Fsp3) is 0.100. The van der Waals surface area contributed by atoms with Crippen LogP contribution in [0.15, 0.2) is 29.4 Å². The van der Waals surface area contributed by atoms with E-state index >= 15 is 0 Å². The fourth-order valence-electron chi connectivity index (χ4n) is 1.45. The van der Waals surface area contributed by atoms with Gasteiger partial charge < -0.3 is 5.73 Å². The standard InChI is InChI=1S/C10H10ClIN4O2S/c11-8-3-7(12)1-2-9(8)16-19(17,18)10-6(4-13)5-14-15-10/h1-3,5,16H,4,13H2,(H,14,15). The van der Waals surface area contributed by atoms with Gasteiger partial charge in [-0.3, -0.25) is 9.82 Å². The maximum absolute atomic E-state index is 12.2. The molecule has 0 aliphatic heterocycles. The van der Waals surface area contributed by atoms with E-state index in [1.54, 1.807) is 18.2 Å². The van der Waals surface area contributed by atoms with Crippen molar-refractivity contribution in [2.45, 2.75) is 11.6 Å². The number of hydrogen-bond donors (Lipinski definition) is 3. The molecule has 102 valence electrons. The molecule has 0 bridgehead atoms. The van der Waals surface area contributed by atoms with Crippen LogP contribution in [0, 0.1) is 3.57 Å². The third-order valence-corrected chi connectivity index (χ3v) is 4.71. The number of nitrogens with zero attached hydrogens (tertiary/aromatic N) is 1. The minimum atomic E-state index is -3.78. The summed E-state index contributed by atoms with van der Waals surface area (Å²) in [5.74, 6) is 0. The second-order valence-electron chi connectivity index (χ2n) is 3.66. The van der Waals surface area contributed by atoms with Gasteiger partial charge in [-0.25, -0.2) is 0 Å². The topological polar surface area (TPSA) is 101 Å². The zero-order valence-corrected chi connectivity index (χ0v) is 13.3. The summed E-state index contributed by atoms with van der Waals surface area (Å²) in [5, 5.41) is 6.37. The van der Waals surface area contributed by atoms with Crippen molar-refractivity contribution in [3.05, 3.63) is 38.6 Å². The fourth-order valence-corrected chi connectivity index (χ4v) is 3.63. The average molecular weight is 413 g/mol. The quantitative estimate of drug-likeness (QED) is 0.668. The lowest BCUT2D eigenvalue weighted by Crippen LogP contribution is -2.16. The van der Waals surface area contributed by atoms with Crippen molar-refractivity contribution in [1.82, 2.24) is 10.2 Å². The number of anilines is 1. The molecule has 0 fully saturated rings. The number of nitrogens with two attached hydrogens (primary N) is 1. The molecule has 1 heterocycles. The van der Waals surface area contributed by atoms with Gasteiger partial charge in [-0.1, -0.05) is 11.6 Å². The Kier molecular flexibility index (Phi) is 4.33. The van der Waals surface area contributed by atoms with Crippen LogP contribution in [-0.2, 0) is 16.6 Å². The van der Waals surface area contributed by atoms with E-state index < -0.39 is 10.0 Å². The van der Waals surface area contributed by atoms with Crippen molar-refractivity contribution < 1.29 is 8.42 Å². The number of halogens is 2. The maximum atomic E-state index is 12.2. The van der Waals surface area contributed by atoms with E-state index in [0.29, 0.717) is 16.3 Å². The van der Waals surface area contributed by atoms with Crippen LogP contribution in [0.25, 0.3) is 0 Å². The number of aromatic nitrogens is 2. The first-order valence-electron chi connectivity index (χ1n) is 5.14. The highest BCUT2D eigenvalue weighted by Gasteiger charge is 2.21. The molecule has 0 aliphatic carbocycles. The number of benzene rings is 1. The molecule has 1 aromatic carbocycles. The van der Waals surface area contributed by atoms with Crippen LogP contribution in [0.2, 0.25) is 5.02 Å². The van der Waals surface area contributed by atoms with E-state index in [1.165, 1.54) is 6.20 Å². The first kappa shape index (κ1) is 14.6. The summed E-state index contributed by atoms with van der Waals surface area (Å²) in [6.07, 6.45) is 1.38. The average Bonchev–Trinajstić information content (AvgIpc) is 2.82. The highest BCUT2D eigenvalue weighted by molar-refractivity contribution is 14.1. The Bertz CT molecular complexity index is 701. The second-order valence-corrected chi connectivity index (χ2v) is 6.93. The number of aromatic amines is 1. The molecule has 0 saturated carbocycles. The summed E-state index contributed by atoms with van der Waals surface area (Å²) in [5.41, 5.74) is 6.17. The molecule has 0 atom stereocenters. The Morgan fingerprint density at radius 3 is 2.84 bits per heavy atom. The Morgan fingerprint density at radius 2 is 2.21 bits per heavy atom. The van der Waals surface area contributed by atoms with Crippen molar-refractivity contribution in [2.75, 3.05) is 4.72 Å². The highest BCUT2D eigenvalue weighted by Crippen LogP contribution is 2.26. The molecule has 0 spiro atoms. The summed E-state index contributed by atoms with van der Waals surface area (Å²) in [7, 11) is -3.78. The van der Waals surface area contributed by atoms with Gasteiger partial charge in [-0.05, 0) is 40.8 Å². The van der Waals surface area contributed by atoms with E-state index in [9.17, 15) is 8.42 Å². The lowest BCUT2D eigenvalue weighted by Gasteiger charge is -2.09. The maximum Gasteiger partial charge on any atom is 0.279 e. The van der Waals surface area contributed by atoms with Crippen molar-refractivity contribution in [1.29, 1.82) is 0 Å². The predicted octanol–water partition coefficient (Wildman–Crippen LogP) is 1.93. The molecule has 0 aliphatic rings. The third-order valence-electron chi connectivity index (χ3n) is 2.34. The molecule has 2 rings (SSSR count). The molecule has 9 heteroatoms. The van der Waals surface area contributed by atoms with Gasteiger partial charge >= 0.3 is 0 Å². The Labute approximate surface area is 128 Å². The molecule has 2 aromatic rings. The van der Waals surface area contributed by atoms with Gasteiger partial charge in [0.25, 0.3) is 10.0 Å². The highest BCUT2D eigenvalue weighted by atomic mass is 127. The van der Waals surface area contributed by atoms with E-state index in [4.69, 9.17) is 17.3 Å². The molecule has 0 amide bonds. The third kappa shape index (κ3) is 3.19. The van der Waals surface area contributed by atoms with Crippen molar-refractivity contribution in [3.8, 4) is 0 Å². The first-order chi connectivity index (χ1) is 8.94. The summed E-state index contributed by atoms with van der Waals surface area (Å²) < 4.78 is 27.7. The van der Waals surface area contributed by atoms with Crippen LogP contribution < -0.4 is 10.5 Å². The van der Waals surface area contributed by atoms with Gasteiger partial charge in [0.15, 0.2) is 5.03 Å². The summed E-state index contributed by atoms with van der Waals surface area (Å²) >= 11 is 8.08. The SMILES string of the molecule is NCc1cn[nH]c1S(=O)(=O)Nc1ccc(I)cc1Cl. The molecule has 4 N–H and O–H groups in total. The number of hydrogen-bond acceptors (Lipinski definition) is 4. The van der Waals surface area contributed by atoms with E-state index in [-0.39, 0.29) is 11.6 Å². The lowest BCUT2D eigenvalue weighted by molar-refractivity contribution is 0.596. The van der Waals surface area contributed by atoms with Gasteiger partial charge in [0.05, 0.1) is 16.9 Å². The molecule has 1 aromatic heterocycles. The minimum Gasteiger partial charge on any atom is -0.326 e. The molecule has 6 nitrogen and oxygen atoms in total. The summed E-state index contributed by atoms with van der Waals surface area (Å²) in [4.78, 5) is 0. The molecule has 0 radical (unpaired) electrons. The first-order valence-corrected chi connectivity index (χ1v) is 8.08. The zero-order valence-electron chi connectivity index (χ0n) is 9.52. The Morgan fingerprint density at radius 1 is 1.47 bits per heavy atom. The summed E-state index contributed by atoms with van der Waals surface area (Å²) in [6, 6.07) is 5.01. The van der Waals surface area contributed by atoms with Crippen LogP contribution in [0.1, 0.15) is 5.56 Å². The van der Waals surface area contributed by atoms with E-state index in [1.807, 2.05) is 0 Å². The minimum absolute atomic E-state index is 0.0513. The monoisotopic (exact) mass is 412 g/mol. The number of sulfonamides is 1. The zero-order chi connectivity index (χ0) is 14.0. The van der Waals surface area contributed by atoms with Crippen molar-refractivity contribution >= 4 is 49.9 Å². The number of H-pyrrole nitrogens is 1. The van der Waals surface area contributed by atoms with Crippen molar-refractivity contribution in [3.63, 3.8) is 0 Å². The smallest absolute Gasteiger partial charge is 0.279 e. The van der Waals surface area contributed by atoms with E-state index in [2.05, 4.69) is 37.5 Å². The van der Waals surface area contributed by atoms with Gasteiger partial charge in [-0.2, -0.15) is 13.5 Å². The molecule has 19 heavy (non-hydrogen) atoms. The normalized spacial score (nSPS) is 11.5. The van der Waals surface area contributed by atoms with Crippen LogP contribution >= 0.6 is 34.2 Å². The largest absolute Gasteiger partial charge is 0.326 e. The number of rotatable bonds is 4. The molecule has 0 saturated heterocycles. The summed E-state index contributed by atoms with van der Waals surface area (Å²) in [6.45, 7) is 0.0766. The van der Waals surface area contributed by atoms with Gasteiger partial charge in [0.2, 0.25) is 0 Å². The lowest BCUT2D eigenvalue weighted by atomic mass is 10.3. The Hall–Kier alpha value is -0.840. The second kappa shape index (κ2) is 5.65. The molecular formula is C10H10ClIN4O2S.